The van der Waals surface area contributed by atoms with Crippen LogP contribution in [0.15, 0.2) is 36.5 Å². The van der Waals surface area contributed by atoms with Crippen LogP contribution >= 0.6 is 0 Å². The first-order chi connectivity index (χ1) is 10.4. The van der Waals surface area contributed by atoms with E-state index < -0.39 is 24.6 Å². The molecule has 0 radical (unpaired) electrons. The number of carbonyl (C=O) groups excluding carboxylic acids is 1. The van der Waals surface area contributed by atoms with Gasteiger partial charge in [0.2, 0.25) is 5.95 Å². The van der Waals surface area contributed by atoms with Crippen molar-refractivity contribution in [1.82, 2.24) is 4.98 Å². The van der Waals surface area contributed by atoms with Crippen LogP contribution in [0, 0.1) is 5.95 Å². The molecule has 3 rings (SSSR count). The van der Waals surface area contributed by atoms with Crippen molar-refractivity contribution >= 4 is 24.2 Å². The number of aromatic nitrogens is 1. The van der Waals surface area contributed by atoms with Crippen LogP contribution in [0.5, 0.6) is 0 Å². The Morgan fingerprint density at radius 1 is 1.41 bits per heavy atom. The number of nitrogens with zero attached hydrogens (tertiary/aromatic N) is 1. The van der Waals surface area contributed by atoms with Crippen LogP contribution in [0.3, 0.4) is 0 Å². The predicted octanol–water partition coefficient (Wildman–Crippen LogP) is 1.43. The minimum Gasteiger partial charge on any atom is -0.423 e. The van der Waals surface area contributed by atoms with Crippen LogP contribution in [-0.4, -0.2) is 23.0 Å². The monoisotopic (exact) mass is 300 g/mol. The van der Waals surface area contributed by atoms with Crippen LogP contribution in [0.25, 0.3) is 0 Å². The maximum Gasteiger partial charge on any atom is 0.492 e. The van der Waals surface area contributed by atoms with Gasteiger partial charge in [-0.2, -0.15) is 4.39 Å². The maximum atomic E-state index is 13.5. The molecule has 1 amide bonds. The smallest absolute Gasteiger partial charge is 0.423 e. The van der Waals surface area contributed by atoms with Crippen LogP contribution < -0.4 is 10.8 Å². The number of hydrogen-bond donors (Lipinski definition) is 2. The molecule has 0 atom stereocenters. The number of halogens is 1. The highest BCUT2D eigenvalue weighted by Gasteiger charge is 2.40. The van der Waals surface area contributed by atoms with E-state index in [0.717, 1.165) is 5.56 Å². The lowest BCUT2D eigenvalue weighted by Gasteiger charge is -2.19. The summed E-state index contributed by atoms with van der Waals surface area (Å²) in [4.78, 5) is 15.5. The summed E-state index contributed by atoms with van der Waals surface area (Å²) in [7, 11) is -1.04. The second-order valence-electron chi connectivity index (χ2n) is 5.58. The summed E-state index contributed by atoms with van der Waals surface area (Å²) in [6.45, 7) is 3.71. The normalized spacial score (nSPS) is 15.5. The quantitative estimate of drug-likeness (QED) is 0.650. The van der Waals surface area contributed by atoms with E-state index in [1.165, 1.54) is 18.3 Å². The number of nitrogens with one attached hydrogen (secondary N) is 1. The van der Waals surface area contributed by atoms with Gasteiger partial charge in [0.25, 0.3) is 5.91 Å². The Morgan fingerprint density at radius 3 is 2.91 bits per heavy atom. The second-order valence-corrected chi connectivity index (χ2v) is 5.58. The molecule has 5 nitrogen and oxygen atoms in total. The van der Waals surface area contributed by atoms with Crippen LogP contribution in [0.4, 0.5) is 10.1 Å². The highest BCUT2D eigenvalue weighted by atomic mass is 19.1. The van der Waals surface area contributed by atoms with E-state index in [4.69, 9.17) is 4.65 Å². The van der Waals surface area contributed by atoms with Crippen molar-refractivity contribution in [3.05, 3.63) is 53.6 Å². The lowest BCUT2D eigenvalue weighted by atomic mass is 9.78. The lowest BCUT2D eigenvalue weighted by molar-refractivity contribution is 0.100. The van der Waals surface area contributed by atoms with Gasteiger partial charge < -0.3 is 15.0 Å². The van der Waals surface area contributed by atoms with E-state index in [9.17, 15) is 14.2 Å². The van der Waals surface area contributed by atoms with E-state index in [-0.39, 0.29) is 5.56 Å². The van der Waals surface area contributed by atoms with Gasteiger partial charge in [-0.05, 0) is 49.1 Å². The van der Waals surface area contributed by atoms with Crippen molar-refractivity contribution in [3.63, 3.8) is 0 Å². The maximum absolute atomic E-state index is 13.5. The molecule has 0 fully saturated rings. The topological polar surface area (TPSA) is 71.5 Å². The molecule has 1 aliphatic heterocycles. The summed E-state index contributed by atoms with van der Waals surface area (Å²) in [6, 6.07) is 7.93. The zero-order valence-electron chi connectivity index (χ0n) is 12.1. The van der Waals surface area contributed by atoms with Crippen molar-refractivity contribution < 1.29 is 18.9 Å². The number of benzene rings is 1. The molecule has 0 spiro atoms. The number of anilines is 1. The zero-order valence-corrected chi connectivity index (χ0v) is 12.1. The average Bonchev–Trinajstić information content (AvgIpc) is 2.69. The largest absolute Gasteiger partial charge is 0.492 e. The number of carbonyl (C=O) groups is 1. The van der Waals surface area contributed by atoms with Crippen molar-refractivity contribution in [1.29, 1.82) is 0 Å². The first-order valence-electron chi connectivity index (χ1n) is 6.80. The fourth-order valence-electron chi connectivity index (χ4n) is 2.55. The van der Waals surface area contributed by atoms with E-state index >= 15 is 0 Å². The Labute approximate surface area is 127 Å². The van der Waals surface area contributed by atoms with Crippen LogP contribution in [0.1, 0.15) is 29.8 Å². The molecule has 2 heterocycles. The van der Waals surface area contributed by atoms with Gasteiger partial charge in [-0.25, -0.2) is 4.98 Å². The first kappa shape index (κ1) is 14.7. The van der Waals surface area contributed by atoms with Gasteiger partial charge in [-0.1, -0.05) is 6.07 Å². The molecule has 2 N–H and O–H groups in total. The van der Waals surface area contributed by atoms with Crippen molar-refractivity contribution in [2.75, 3.05) is 5.32 Å². The van der Waals surface area contributed by atoms with E-state index in [1.807, 2.05) is 13.8 Å². The van der Waals surface area contributed by atoms with Crippen molar-refractivity contribution in [2.24, 2.45) is 0 Å². The van der Waals surface area contributed by atoms with Crippen LogP contribution in [0.2, 0.25) is 0 Å². The predicted molar refractivity (Wildman–Crippen MR) is 80.3 cm³/mol. The van der Waals surface area contributed by atoms with Crippen molar-refractivity contribution in [3.8, 4) is 0 Å². The third-order valence-electron chi connectivity index (χ3n) is 3.63. The van der Waals surface area contributed by atoms with E-state index in [2.05, 4.69) is 10.3 Å². The minimum atomic E-state index is -1.04. The fourth-order valence-corrected chi connectivity index (χ4v) is 2.55. The average molecular weight is 300 g/mol. The Balaban J connectivity index is 1.88. The highest BCUT2D eigenvalue weighted by molar-refractivity contribution is 6.62. The summed E-state index contributed by atoms with van der Waals surface area (Å²) in [5.41, 5.74) is 1.17. The number of fused-ring (bicyclic) bond motifs is 1. The molecule has 22 heavy (non-hydrogen) atoms. The molecule has 1 aliphatic rings. The Hall–Kier alpha value is -2.25. The first-order valence-corrected chi connectivity index (χ1v) is 6.80. The van der Waals surface area contributed by atoms with Crippen LogP contribution in [-0.2, 0) is 10.3 Å². The van der Waals surface area contributed by atoms with Gasteiger partial charge in [0.15, 0.2) is 0 Å². The molecule has 0 saturated carbocycles. The Morgan fingerprint density at radius 2 is 2.18 bits per heavy atom. The summed E-state index contributed by atoms with van der Waals surface area (Å²) in [6.07, 6.45) is 1.28. The Kier molecular flexibility index (Phi) is 3.46. The SMILES string of the molecule is CC1(C)OB(O)c2cc(NC(=O)c3cccnc3F)ccc21. The van der Waals surface area contributed by atoms with E-state index in [0.29, 0.717) is 11.2 Å². The van der Waals surface area contributed by atoms with Gasteiger partial charge in [-0.3, -0.25) is 4.79 Å². The number of rotatable bonds is 2. The zero-order chi connectivity index (χ0) is 15.9. The molecule has 0 aliphatic carbocycles. The lowest BCUT2D eigenvalue weighted by Crippen LogP contribution is -2.29. The fraction of sp³-hybridized carbons (Fsp3) is 0.200. The van der Waals surface area contributed by atoms with Gasteiger partial charge in [0, 0.05) is 11.9 Å². The molecule has 2 aromatic rings. The summed E-state index contributed by atoms with van der Waals surface area (Å²) >= 11 is 0. The molecule has 0 bridgehead atoms. The summed E-state index contributed by atoms with van der Waals surface area (Å²) in [5.74, 6) is -1.43. The summed E-state index contributed by atoms with van der Waals surface area (Å²) < 4.78 is 18.9. The number of pyridine rings is 1. The minimum absolute atomic E-state index is 0.139. The molecular weight excluding hydrogens is 286 g/mol. The molecular formula is C15H14BFN2O3. The molecule has 1 aromatic carbocycles. The third-order valence-corrected chi connectivity index (χ3v) is 3.63. The van der Waals surface area contributed by atoms with Gasteiger partial charge in [-0.15, -0.1) is 0 Å². The highest BCUT2D eigenvalue weighted by Crippen LogP contribution is 2.30. The number of amides is 1. The molecule has 0 saturated heterocycles. The summed E-state index contributed by atoms with van der Waals surface area (Å²) in [5, 5.41) is 12.5. The molecule has 1 aromatic heterocycles. The number of hydrogen-bond acceptors (Lipinski definition) is 4. The second kappa shape index (κ2) is 5.19. The molecule has 112 valence electrons. The van der Waals surface area contributed by atoms with Gasteiger partial charge in [0.05, 0.1) is 11.2 Å². The molecule has 7 heteroatoms. The van der Waals surface area contributed by atoms with Gasteiger partial charge >= 0.3 is 7.12 Å². The Bertz CT molecular complexity index is 751. The van der Waals surface area contributed by atoms with Crippen molar-refractivity contribution in [2.45, 2.75) is 19.4 Å². The van der Waals surface area contributed by atoms with Gasteiger partial charge in [0.1, 0.15) is 0 Å². The standard InChI is InChI=1S/C15H14BFN2O3/c1-15(2)11-6-5-9(8-12(11)16(21)22-15)19-14(20)10-4-3-7-18-13(10)17/h3-8,21H,1-2H3,(H,19,20). The van der Waals surface area contributed by atoms with E-state index in [1.54, 1.807) is 18.2 Å². The molecule has 0 unspecified atom stereocenters. The third kappa shape index (κ3) is 2.49.